The number of nitrogens with zero attached hydrogens (tertiary/aromatic N) is 1. The third-order valence-corrected chi connectivity index (χ3v) is 7.59. The van der Waals surface area contributed by atoms with Crippen LogP contribution in [0.4, 0.5) is 4.79 Å². The number of carbonyl (C=O) groups excluding carboxylic acids is 2. The van der Waals surface area contributed by atoms with E-state index >= 15 is 0 Å². The molecule has 1 aliphatic rings. The van der Waals surface area contributed by atoms with Crippen LogP contribution in [0.15, 0.2) is 95.2 Å². The number of aliphatic hydroxyl groups is 1. The first-order valence-electron chi connectivity index (χ1n) is 15.9. The summed E-state index contributed by atoms with van der Waals surface area (Å²) in [6, 6.07) is 23.7. The highest BCUT2D eigenvalue weighted by Crippen LogP contribution is 2.35. The number of allylic oxidation sites excluding steroid dienone is 1. The van der Waals surface area contributed by atoms with Gasteiger partial charge in [0.05, 0.1) is 38.2 Å². The van der Waals surface area contributed by atoms with E-state index < -0.39 is 24.3 Å². The average Bonchev–Trinajstić information content (AvgIpc) is 3.10. The summed E-state index contributed by atoms with van der Waals surface area (Å²) in [7, 11) is 1.28. The smallest absolute Gasteiger partial charge is 0.337 e. The molecule has 1 aliphatic heterocycles. The predicted octanol–water partition coefficient (Wildman–Crippen LogP) is 5.34. The minimum Gasteiger partial charge on any atom is -0.490 e. The van der Waals surface area contributed by atoms with Crippen LogP contribution in [0.2, 0.25) is 0 Å². The van der Waals surface area contributed by atoms with Crippen LogP contribution >= 0.6 is 0 Å². The molecule has 0 bridgehead atoms. The number of hydrogen-bond acceptors (Lipinski definition) is 10. The van der Waals surface area contributed by atoms with Gasteiger partial charge in [-0.1, -0.05) is 42.5 Å². The maximum atomic E-state index is 12.5. The van der Waals surface area contributed by atoms with E-state index in [2.05, 4.69) is 45.4 Å². The number of hydrogen-bond donors (Lipinski definition) is 4. The van der Waals surface area contributed by atoms with Crippen LogP contribution < -0.4 is 35.0 Å². The van der Waals surface area contributed by atoms with Crippen molar-refractivity contribution in [1.82, 2.24) is 16.1 Å². The quantitative estimate of drug-likeness (QED) is 0.0570. The molecule has 2 amide bonds. The summed E-state index contributed by atoms with van der Waals surface area (Å²) in [5, 5.41) is 22.4. The monoisotopic (exact) mass is 668 g/mol. The molecule has 12 nitrogen and oxygen atoms in total. The summed E-state index contributed by atoms with van der Waals surface area (Å²) >= 11 is 0. The zero-order valence-electron chi connectivity index (χ0n) is 27.8. The number of ether oxygens (including phenoxy) is 5. The first-order valence-corrected chi connectivity index (χ1v) is 15.9. The maximum absolute atomic E-state index is 12.5. The molecule has 0 spiro atoms. The van der Waals surface area contributed by atoms with Crippen LogP contribution in [0.1, 0.15) is 43.5 Å². The fourth-order valence-corrected chi connectivity index (χ4v) is 5.30. The molecule has 4 aromatic carbocycles. The summed E-state index contributed by atoms with van der Waals surface area (Å²) in [6.07, 6.45) is 0.405. The molecule has 0 saturated heterocycles. The molecule has 4 N–H and O–H groups in total. The number of hydrazone groups is 1. The van der Waals surface area contributed by atoms with Crippen molar-refractivity contribution in [3.63, 3.8) is 0 Å². The van der Waals surface area contributed by atoms with Gasteiger partial charge < -0.3 is 39.4 Å². The third-order valence-electron chi connectivity index (χ3n) is 7.59. The largest absolute Gasteiger partial charge is 0.490 e. The molecule has 0 aromatic heterocycles. The highest BCUT2D eigenvalue weighted by molar-refractivity contribution is 5.95. The molecule has 49 heavy (non-hydrogen) atoms. The zero-order chi connectivity index (χ0) is 34.8. The van der Waals surface area contributed by atoms with Gasteiger partial charge in [0.2, 0.25) is 0 Å². The topological polar surface area (TPSA) is 149 Å². The van der Waals surface area contributed by atoms with Crippen molar-refractivity contribution < 1.29 is 38.4 Å². The number of aliphatic hydroxyl groups excluding tert-OH is 1. The van der Waals surface area contributed by atoms with E-state index in [9.17, 15) is 14.7 Å². The van der Waals surface area contributed by atoms with E-state index in [4.69, 9.17) is 23.7 Å². The number of rotatable bonds is 15. The standard InChI is InChI=1S/C37H40N4O8/c1-5-46-31-18-24(12-15-29(31)48-21-25-11-13-26-9-7-8-10-27(26)17-25)20-38-41-33(42)22-49-30-16-14-28(19-32(30)47-6-2)35-34(36(43)45-4)23(3)39-37(44)40-35/h7-20,33,35,41-42H,5-6,21-22H2,1-4H3,(H2,39,40,44)/b38-20-/t33-,35-/m0/s1. The van der Waals surface area contributed by atoms with Gasteiger partial charge in [0.1, 0.15) is 13.2 Å². The molecule has 0 radical (unpaired) electrons. The van der Waals surface area contributed by atoms with Gasteiger partial charge in [-0.3, -0.25) is 5.43 Å². The molecule has 0 aliphatic carbocycles. The molecule has 0 saturated carbocycles. The van der Waals surface area contributed by atoms with Crippen molar-refractivity contribution in [2.45, 2.75) is 39.6 Å². The van der Waals surface area contributed by atoms with Gasteiger partial charge in [0, 0.05) is 5.70 Å². The summed E-state index contributed by atoms with van der Waals surface area (Å²) in [6.45, 7) is 6.38. The second kappa shape index (κ2) is 16.4. The van der Waals surface area contributed by atoms with Gasteiger partial charge in [-0.2, -0.15) is 5.10 Å². The number of urea groups is 1. The Kier molecular flexibility index (Phi) is 11.6. The predicted molar refractivity (Wildman–Crippen MR) is 185 cm³/mol. The minimum atomic E-state index is -1.15. The van der Waals surface area contributed by atoms with Crippen molar-refractivity contribution >= 4 is 29.0 Å². The molecular formula is C37H40N4O8. The number of benzene rings is 4. The normalized spacial score (nSPS) is 15.0. The molecule has 2 atom stereocenters. The number of carbonyl (C=O) groups is 2. The lowest BCUT2D eigenvalue weighted by molar-refractivity contribution is -0.136. The van der Waals surface area contributed by atoms with Gasteiger partial charge in [0.15, 0.2) is 29.2 Å². The fraction of sp³-hybridized carbons (Fsp3) is 0.270. The van der Waals surface area contributed by atoms with E-state index in [1.54, 1.807) is 31.3 Å². The Bertz CT molecular complexity index is 1860. The Morgan fingerprint density at radius 3 is 2.37 bits per heavy atom. The molecular weight excluding hydrogens is 628 g/mol. The first-order chi connectivity index (χ1) is 23.8. The highest BCUT2D eigenvalue weighted by Gasteiger charge is 2.32. The van der Waals surface area contributed by atoms with Crippen molar-refractivity contribution in [1.29, 1.82) is 0 Å². The van der Waals surface area contributed by atoms with Crippen molar-refractivity contribution in [3.8, 4) is 23.0 Å². The van der Waals surface area contributed by atoms with E-state index in [0.29, 0.717) is 54.1 Å². The molecule has 12 heteroatoms. The first kappa shape index (κ1) is 34.6. The lowest BCUT2D eigenvalue weighted by Gasteiger charge is -2.28. The number of fused-ring (bicyclic) bond motifs is 1. The van der Waals surface area contributed by atoms with E-state index in [1.807, 2.05) is 50.2 Å². The average molecular weight is 669 g/mol. The van der Waals surface area contributed by atoms with Crippen LogP contribution in [-0.4, -0.2) is 56.5 Å². The minimum absolute atomic E-state index is 0.154. The van der Waals surface area contributed by atoms with Crippen LogP contribution in [0.25, 0.3) is 10.8 Å². The second-order valence-electron chi connectivity index (χ2n) is 11.0. The number of nitrogens with one attached hydrogen (secondary N) is 3. The van der Waals surface area contributed by atoms with Crippen molar-refractivity contribution in [2.75, 3.05) is 26.9 Å². The lowest BCUT2D eigenvalue weighted by atomic mass is 9.95. The Labute approximate surface area is 284 Å². The van der Waals surface area contributed by atoms with Crippen LogP contribution in [0, 0.1) is 0 Å². The SMILES string of the molecule is CCOc1cc(/C=N\N[C@@H](O)COc2ccc([C@@H]3NC(=O)NC(C)=C3C(=O)OC)cc2OCC)ccc1OCc1ccc2ccccc2c1. The summed E-state index contributed by atoms with van der Waals surface area (Å²) < 4.78 is 28.5. The molecule has 5 rings (SSSR count). The summed E-state index contributed by atoms with van der Waals surface area (Å²) in [5.74, 6) is 1.35. The number of amides is 2. The second-order valence-corrected chi connectivity index (χ2v) is 11.0. The number of methoxy groups -OCH3 is 1. The van der Waals surface area contributed by atoms with E-state index in [0.717, 1.165) is 16.5 Å². The van der Waals surface area contributed by atoms with E-state index in [1.165, 1.54) is 12.5 Å². The Hall–Kier alpha value is -5.75. The third kappa shape index (κ3) is 8.79. The molecule has 0 fully saturated rings. The molecule has 256 valence electrons. The molecule has 1 heterocycles. The van der Waals surface area contributed by atoms with Crippen LogP contribution in [0.3, 0.4) is 0 Å². The number of esters is 1. The maximum Gasteiger partial charge on any atom is 0.337 e. The van der Waals surface area contributed by atoms with Crippen LogP contribution in [0.5, 0.6) is 23.0 Å². The van der Waals surface area contributed by atoms with Gasteiger partial charge in [-0.15, -0.1) is 0 Å². The summed E-state index contributed by atoms with van der Waals surface area (Å²) in [4.78, 5) is 24.7. The molecule has 4 aromatic rings. The Balaban J connectivity index is 1.19. The summed E-state index contributed by atoms with van der Waals surface area (Å²) in [5.41, 5.74) is 5.69. The van der Waals surface area contributed by atoms with E-state index in [-0.39, 0.29) is 12.2 Å². The van der Waals surface area contributed by atoms with Crippen molar-refractivity contribution in [3.05, 3.63) is 107 Å². The lowest BCUT2D eigenvalue weighted by Crippen LogP contribution is -2.45. The Morgan fingerprint density at radius 2 is 1.61 bits per heavy atom. The Morgan fingerprint density at radius 1 is 0.898 bits per heavy atom. The molecule has 0 unspecified atom stereocenters. The van der Waals surface area contributed by atoms with Crippen LogP contribution in [-0.2, 0) is 16.1 Å². The van der Waals surface area contributed by atoms with Gasteiger partial charge in [0.25, 0.3) is 0 Å². The van der Waals surface area contributed by atoms with Gasteiger partial charge in [-0.25, -0.2) is 9.59 Å². The fourth-order valence-electron chi connectivity index (χ4n) is 5.30. The van der Waals surface area contributed by atoms with Gasteiger partial charge >= 0.3 is 12.0 Å². The van der Waals surface area contributed by atoms with Crippen molar-refractivity contribution in [2.24, 2.45) is 5.10 Å². The highest BCUT2D eigenvalue weighted by atomic mass is 16.5. The van der Waals surface area contributed by atoms with Gasteiger partial charge in [-0.05, 0) is 84.6 Å². The zero-order valence-corrected chi connectivity index (χ0v) is 27.8.